The lowest BCUT2D eigenvalue weighted by atomic mass is 9.94. The first kappa shape index (κ1) is 22.4. The van der Waals surface area contributed by atoms with Gasteiger partial charge >= 0.3 is 0 Å². The van der Waals surface area contributed by atoms with Crippen LogP contribution in [-0.2, 0) is 4.79 Å². The lowest BCUT2D eigenvalue weighted by Crippen LogP contribution is -2.34. The predicted octanol–water partition coefficient (Wildman–Crippen LogP) is 4.91. The number of aryl methyl sites for hydroxylation is 1. The smallest absolute Gasteiger partial charge is 0.256 e. The van der Waals surface area contributed by atoms with Crippen LogP contribution < -0.4 is 5.32 Å². The van der Waals surface area contributed by atoms with Gasteiger partial charge in [-0.3, -0.25) is 9.59 Å². The highest BCUT2D eigenvalue weighted by atomic mass is 35.5. The molecule has 3 aromatic rings. The summed E-state index contributed by atoms with van der Waals surface area (Å²) in [4.78, 5) is 33.8. The summed E-state index contributed by atoms with van der Waals surface area (Å²) in [5, 5.41) is 3.63. The van der Waals surface area contributed by atoms with Gasteiger partial charge in [-0.05, 0) is 68.9 Å². The first-order valence-electron chi connectivity index (χ1n) is 11.4. The third-order valence-corrected chi connectivity index (χ3v) is 6.92. The molecule has 6 nitrogen and oxygen atoms in total. The van der Waals surface area contributed by atoms with Gasteiger partial charge in [0, 0.05) is 41.1 Å². The molecule has 1 fully saturated rings. The molecular weight excluding hydrogens is 448 g/mol. The zero-order valence-electron chi connectivity index (χ0n) is 19.5. The summed E-state index contributed by atoms with van der Waals surface area (Å²) in [6.07, 6.45) is 2.76. The summed E-state index contributed by atoms with van der Waals surface area (Å²) in [7, 11) is 4.09. The van der Waals surface area contributed by atoms with E-state index < -0.39 is 0 Å². The van der Waals surface area contributed by atoms with E-state index in [1.807, 2.05) is 74.4 Å². The fraction of sp³-hybridized carbons (Fsp3) is 0.259. The van der Waals surface area contributed by atoms with E-state index in [4.69, 9.17) is 11.6 Å². The highest BCUT2D eigenvalue weighted by molar-refractivity contribution is 6.36. The molecule has 2 aliphatic heterocycles. The molecule has 2 amide bonds. The number of likely N-dealkylation sites (N-methyl/N-ethyl adjacent to an activating group) is 1. The van der Waals surface area contributed by atoms with Crippen molar-refractivity contribution in [2.45, 2.75) is 19.4 Å². The number of amides is 2. The van der Waals surface area contributed by atoms with E-state index in [1.165, 1.54) is 0 Å². The van der Waals surface area contributed by atoms with Crippen LogP contribution in [0.1, 0.15) is 33.7 Å². The summed E-state index contributed by atoms with van der Waals surface area (Å²) >= 11 is 6.08. The lowest BCUT2D eigenvalue weighted by molar-refractivity contribution is -0.110. The molecule has 174 valence electrons. The number of anilines is 1. The van der Waals surface area contributed by atoms with Gasteiger partial charge in [0.2, 0.25) is 0 Å². The first-order valence-corrected chi connectivity index (χ1v) is 11.8. The van der Waals surface area contributed by atoms with Crippen molar-refractivity contribution in [1.29, 1.82) is 0 Å². The number of carbonyl (C=O) groups is 2. The van der Waals surface area contributed by atoms with Crippen LogP contribution in [0.15, 0.2) is 48.5 Å². The Hall–Kier alpha value is -3.35. The van der Waals surface area contributed by atoms with Crippen LogP contribution in [0.2, 0.25) is 5.02 Å². The second-order valence-corrected chi connectivity index (χ2v) is 9.62. The number of halogens is 1. The van der Waals surface area contributed by atoms with Gasteiger partial charge in [0.15, 0.2) is 0 Å². The monoisotopic (exact) mass is 474 g/mol. The lowest BCUT2D eigenvalue weighted by Gasteiger charge is -2.20. The van der Waals surface area contributed by atoms with Crippen LogP contribution in [0, 0.1) is 6.92 Å². The topological polar surface area (TPSA) is 68.4 Å². The molecule has 0 bridgehead atoms. The number of carbonyl (C=O) groups excluding carboxylic acids is 2. The standard InChI is InChI=1S/C27H27ClN4O2/c1-16-13-21(27(34)32-12-11-19(15-32)31(2)3)24(29-16)14-22-25-20(17-7-9-18(28)10-8-17)5-4-6-23(25)30-26(22)33/h4-10,13-14,19,29H,11-12,15H2,1-3H3,(H,30,33)/t19-/m0/s1. The number of nitrogens with zero attached hydrogens (tertiary/aromatic N) is 2. The Labute approximate surface area is 204 Å². The average molecular weight is 475 g/mol. The quantitative estimate of drug-likeness (QED) is 0.528. The first-order chi connectivity index (χ1) is 16.3. The van der Waals surface area contributed by atoms with Crippen LogP contribution in [-0.4, -0.2) is 59.8 Å². The minimum atomic E-state index is -0.184. The maximum absolute atomic E-state index is 13.4. The zero-order valence-corrected chi connectivity index (χ0v) is 20.2. The highest BCUT2D eigenvalue weighted by Crippen LogP contribution is 2.41. The van der Waals surface area contributed by atoms with E-state index in [1.54, 1.807) is 6.08 Å². The van der Waals surface area contributed by atoms with Gasteiger partial charge in [-0.1, -0.05) is 35.9 Å². The molecule has 1 saturated heterocycles. The number of hydrogen-bond acceptors (Lipinski definition) is 3. The van der Waals surface area contributed by atoms with Gasteiger partial charge in [0.1, 0.15) is 0 Å². The molecule has 0 saturated carbocycles. The predicted molar refractivity (Wildman–Crippen MR) is 137 cm³/mol. The van der Waals surface area contributed by atoms with Gasteiger partial charge in [0.05, 0.1) is 16.8 Å². The molecule has 0 aliphatic carbocycles. The summed E-state index contributed by atoms with van der Waals surface area (Å²) in [5.74, 6) is -0.193. The van der Waals surface area contributed by atoms with E-state index in [0.717, 1.165) is 41.0 Å². The fourth-order valence-corrected chi connectivity index (χ4v) is 4.95. The minimum Gasteiger partial charge on any atom is -0.358 e. The molecule has 2 N–H and O–H groups in total. The van der Waals surface area contributed by atoms with E-state index in [9.17, 15) is 9.59 Å². The summed E-state index contributed by atoms with van der Waals surface area (Å²) in [6.45, 7) is 3.36. The van der Waals surface area contributed by atoms with Gasteiger partial charge < -0.3 is 20.1 Å². The average Bonchev–Trinajstić information content (AvgIpc) is 3.52. The third-order valence-electron chi connectivity index (χ3n) is 6.66. The number of aromatic nitrogens is 1. The van der Waals surface area contributed by atoms with Gasteiger partial charge in [-0.2, -0.15) is 0 Å². The number of H-pyrrole nitrogens is 1. The van der Waals surface area contributed by atoms with Crippen LogP contribution in [0.3, 0.4) is 0 Å². The number of rotatable bonds is 4. The summed E-state index contributed by atoms with van der Waals surface area (Å²) in [5.41, 5.74) is 6.14. The Balaban J connectivity index is 1.55. The molecule has 1 atom stereocenters. The van der Waals surface area contributed by atoms with Crippen molar-refractivity contribution in [1.82, 2.24) is 14.8 Å². The van der Waals surface area contributed by atoms with E-state index in [0.29, 0.717) is 34.4 Å². The Morgan fingerprint density at radius 2 is 1.94 bits per heavy atom. The Morgan fingerprint density at radius 3 is 2.65 bits per heavy atom. The number of fused-ring (bicyclic) bond motifs is 1. The Morgan fingerprint density at radius 1 is 1.18 bits per heavy atom. The minimum absolute atomic E-state index is 0.00911. The molecule has 1 aromatic heterocycles. The summed E-state index contributed by atoms with van der Waals surface area (Å²) in [6, 6.07) is 15.6. The molecule has 0 unspecified atom stereocenters. The van der Waals surface area contributed by atoms with Crippen molar-refractivity contribution in [3.63, 3.8) is 0 Å². The normalized spacial score (nSPS) is 18.6. The fourth-order valence-electron chi connectivity index (χ4n) is 4.82. The van der Waals surface area contributed by atoms with E-state index in [-0.39, 0.29) is 11.8 Å². The molecule has 0 radical (unpaired) electrons. The number of likely N-dealkylation sites (tertiary alicyclic amines) is 1. The molecule has 3 heterocycles. The number of nitrogens with one attached hydrogen (secondary N) is 2. The highest BCUT2D eigenvalue weighted by Gasteiger charge is 2.31. The second kappa shape index (κ2) is 8.78. The Kier molecular flexibility index (Phi) is 5.80. The van der Waals surface area contributed by atoms with Gasteiger partial charge in [-0.15, -0.1) is 0 Å². The SMILES string of the molecule is Cc1cc(C(=O)N2CC[C@H](N(C)C)C2)c(C=C2C(=O)Nc3cccc(-c4ccc(Cl)cc4)c32)[nH]1. The maximum Gasteiger partial charge on any atom is 0.256 e. The molecule has 34 heavy (non-hydrogen) atoms. The van der Waals surface area contributed by atoms with Crippen LogP contribution in [0.25, 0.3) is 22.8 Å². The van der Waals surface area contributed by atoms with Crippen molar-refractivity contribution < 1.29 is 9.59 Å². The van der Waals surface area contributed by atoms with E-state index >= 15 is 0 Å². The van der Waals surface area contributed by atoms with Crippen molar-refractivity contribution in [3.05, 3.63) is 76.1 Å². The third kappa shape index (κ3) is 4.04. The number of hydrogen-bond donors (Lipinski definition) is 2. The molecule has 7 heteroatoms. The van der Waals surface area contributed by atoms with Crippen LogP contribution in [0.5, 0.6) is 0 Å². The van der Waals surface area contributed by atoms with Crippen LogP contribution >= 0.6 is 11.6 Å². The maximum atomic E-state index is 13.4. The number of benzene rings is 2. The molecule has 2 aliphatic rings. The van der Waals surface area contributed by atoms with Gasteiger partial charge in [-0.25, -0.2) is 0 Å². The molecule has 0 spiro atoms. The Bertz CT molecular complexity index is 1310. The van der Waals surface area contributed by atoms with Crippen molar-refractivity contribution in [2.24, 2.45) is 0 Å². The number of aromatic amines is 1. The van der Waals surface area contributed by atoms with Crippen molar-refractivity contribution in [2.75, 3.05) is 32.5 Å². The van der Waals surface area contributed by atoms with Crippen molar-refractivity contribution >= 4 is 40.8 Å². The zero-order chi connectivity index (χ0) is 24.0. The van der Waals surface area contributed by atoms with Crippen molar-refractivity contribution in [3.8, 4) is 11.1 Å². The second-order valence-electron chi connectivity index (χ2n) is 9.18. The molecule has 5 rings (SSSR count). The molecule has 2 aromatic carbocycles. The largest absolute Gasteiger partial charge is 0.358 e. The molecular formula is C27H27ClN4O2. The van der Waals surface area contributed by atoms with Gasteiger partial charge in [0.25, 0.3) is 11.8 Å². The van der Waals surface area contributed by atoms with E-state index in [2.05, 4.69) is 15.2 Å². The summed E-state index contributed by atoms with van der Waals surface area (Å²) < 4.78 is 0. The van der Waals surface area contributed by atoms with Crippen LogP contribution in [0.4, 0.5) is 5.69 Å².